The number of carbonyl (C=O) groups excluding carboxylic acids is 2. The smallest absolute Gasteiger partial charge is 0.252 e. The molecule has 0 aliphatic carbocycles. The Labute approximate surface area is 151 Å². The van der Waals surface area contributed by atoms with Gasteiger partial charge in [0.15, 0.2) is 11.6 Å². The number of halogens is 2. The third-order valence-electron chi connectivity index (χ3n) is 3.91. The van der Waals surface area contributed by atoms with Gasteiger partial charge in [0.25, 0.3) is 5.91 Å². The molecule has 2 aromatic rings. The number of benzene rings is 2. The Bertz CT molecular complexity index is 806. The first-order valence-electron chi connectivity index (χ1n) is 8.40. The molecule has 26 heavy (non-hydrogen) atoms. The van der Waals surface area contributed by atoms with Crippen LogP contribution in [0.1, 0.15) is 36.2 Å². The van der Waals surface area contributed by atoms with Crippen LogP contribution in [0.2, 0.25) is 0 Å². The van der Waals surface area contributed by atoms with E-state index in [-0.39, 0.29) is 17.5 Å². The summed E-state index contributed by atoms with van der Waals surface area (Å²) in [6, 6.07) is 9.39. The predicted molar refractivity (Wildman–Crippen MR) is 96.9 cm³/mol. The van der Waals surface area contributed by atoms with Gasteiger partial charge in [-0.3, -0.25) is 9.59 Å². The second-order valence-corrected chi connectivity index (χ2v) is 6.59. The standard InChI is InChI=1S/C20H22F2N2O2/c1-12(2)10-18(24-19(25)15-7-5-4-6-13(15)3)20(26)23-14-8-9-16(21)17(22)11-14/h4-9,11-12,18H,10H2,1-3H3,(H,23,26)(H,24,25)/t18-/m0/s1. The van der Waals surface area contributed by atoms with Gasteiger partial charge in [-0.15, -0.1) is 0 Å². The van der Waals surface area contributed by atoms with E-state index in [9.17, 15) is 18.4 Å². The molecule has 0 fully saturated rings. The fourth-order valence-electron chi connectivity index (χ4n) is 2.57. The van der Waals surface area contributed by atoms with E-state index in [2.05, 4.69) is 10.6 Å². The Morgan fingerprint density at radius 1 is 1.04 bits per heavy atom. The van der Waals surface area contributed by atoms with E-state index in [1.807, 2.05) is 32.9 Å². The summed E-state index contributed by atoms with van der Waals surface area (Å²) in [5.74, 6) is -2.73. The van der Waals surface area contributed by atoms with Crippen molar-refractivity contribution in [3.8, 4) is 0 Å². The summed E-state index contributed by atoms with van der Waals surface area (Å²) in [6.45, 7) is 5.67. The second kappa shape index (κ2) is 8.56. The van der Waals surface area contributed by atoms with Gasteiger partial charge >= 0.3 is 0 Å². The summed E-state index contributed by atoms with van der Waals surface area (Å²) in [5.41, 5.74) is 1.42. The highest BCUT2D eigenvalue weighted by molar-refractivity contribution is 6.01. The monoisotopic (exact) mass is 360 g/mol. The Morgan fingerprint density at radius 3 is 2.35 bits per heavy atom. The second-order valence-electron chi connectivity index (χ2n) is 6.59. The Hall–Kier alpha value is -2.76. The first kappa shape index (κ1) is 19.6. The molecule has 0 aliphatic rings. The largest absolute Gasteiger partial charge is 0.340 e. The molecule has 2 N–H and O–H groups in total. The summed E-state index contributed by atoms with van der Waals surface area (Å²) in [4.78, 5) is 25.1. The summed E-state index contributed by atoms with van der Waals surface area (Å²) >= 11 is 0. The Balaban J connectivity index is 2.15. The van der Waals surface area contributed by atoms with Crippen LogP contribution < -0.4 is 10.6 Å². The minimum absolute atomic E-state index is 0.132. The highest BCUT2D eigenvalue weighted by atomic mass is 19.2. The zero-order valence-corrected chi connectivity index (χ0v) is 15.0. The van der Waals surface area contributed by atoms with Crippen LogP contribution in [-0.2, 0) is 4.79 Å². The van der Waals surface area contributed by atoms with E-state index in [4.69, 9.17) is 0 Å². The van der Waals surface area contributed by atoms with Crippen molar-refractivity contribution in [3.63, 3.8) is 0 Å². The Kier molecular flexibility index (Phi) is 6.44. The maximum atomic E-state index is 13.3. The molecule has 2 amide bonds. The minimum Gasteiger partial charge on any atom is -0.340 e. The summed E-state index contributed by atoms with van der Waals surface area (Å²) in [5, 5.41) is 5.26. The minimum atomic E-state index is -1.05. The number of carbonyl (C=O) groups is 2. The van der Waals surface area contributed by atoms with E-state index < -0.39 is 23.6 Å². The maximum absolute atomic E-state index is 13.3. The van der Waals surface area contributed by atoms with Gasteiger partial charge in [-0.1, -0.05) is 32.0 Å². The summed E-state index contributed by atoms with van der Waals surface area (Å²) < 4.78 is 26.3. The van der Waals surface area contributed by atoms with Gasteiger partial charge in [-0.2, -0.15) is 0 Å². The molecule has 0 spiro atoms. The van der Waals surface area contributed by atoms with E-state index >= 15 is 0 Å². The number of hydrogen-bond acceptors (Lipinski definition) is 2. The first-order chi connectivity index (χ1) is 12.3. The molecule has 0 radical (unpaired) electrons. The molecule has 6 heteroatoms. The normalized spacial score (nSPS) is 11.9. The predicted octanol–water partition coefficient (Wildman–Crippen LogP) is 4.06. The lowest BCUT2D eigenvalue weighted by Gasteiger charge is -2.21. The molecular weight excluding hydrogens is 338 g/mol. The van der Waals surface area contributed by atoms with Crippen molar-refractivity contribution in [1.29, 1.82) is 0 Å². The van der Waals surface area contributed by atoms with Crippen LogP contribution in [0.3, 0.4) is 0 Å². The lowest BCUT2D eigenvalue weighted by atomic mass is 10.0. The van der Waals surface area contributed by atoms with Gasteiger partial charge in [0.2, 0.25) is 5.91 Å². The van der Waals surface area contributed by atoms with Gasteiger partial charge in [-0.05, 0) is 43.0 Å². The van der Waals surface area contributed by atoms with E-state index in [0.717, 1.165) is 17.7 Å². The van der Waals surface area contributed by atoms with Crippen LogP contribution in [0.5, 0.6) is 0 Å². The molecular formula is C20H22F2N2O2. The lowest BCUT2D eigenvalue weighted by molar-refractivity contribution is -0.118. The average molecular weight is 360 g/mol. The van der Waals surface area contributed by atoms with E-state index in [1.54, 1.807) is 12.1 Å². The maximum Gasteiger partial charge on any atom is 0.252 e. The highest BCUT2D eigenvalue weighted by Gasteiger charge is 2.23. The molecule has 0 heterocycles. The van der Waals surface area contributed by atoms with Crippen molar-refractivity contribution in [1.82, 2.24) is 5.32 Å². The van der Waals surface area contributed by atoms with Gasteiger partial charge in [0, 0.05) is 17.3 Å². The van der Waals surface area contributed by atoms with Crippen LogP contribution in [0.15, 0.2) is 42.5 Å². The van der Waals surface area contributed by atoms with E-state index in [0.29, 0.717) is 12.0 Å². The molecule has 1 atom stereocenters. The van der Waals surface area contributed by atoms with Crippen molar-refractivity contribution in [2.75, 3.05) is 5.32 Å². The zero-order valence-electron chi connectivity index (χ0n) is 15.0. The molecule has 138 valence electrons. The topological polar surface area (TPSA) is 58.2 Å². The molecule has 0 unspecified atom stereocenters. The average Bonchev–Trinajstić information content (AvgIpc) is 2.57. The van der Waals surface area contributed by atoms with Gasteiger partial charge in [0.1, 0.15) is 6.04 Å². The number of nitrogens with one attached hydrogen (secondary N) is 2. The van der Waals surface area contributed by atoms with Crippen LogP contribution in [0, 0.1) is 24.5 Å². The molecule has 0 aliphatic heterocycles. The molecule has 2 rings (SSSR count). The SMILES string of the molecule is Cc1ccccc1C(=O)N[C@@H](CC(C)C)C(=O)Nc1ccc(F)c(F)c1. The third kappa shape index (κ3) is 5.12. The number of hydrogen-bond donors (Lipinski definition) is 2. The van der Waals surface area contributed by atoms with Crippen molar-refractivity contribution in [2.45, 2.75) is 33.2 Å². The van der Waals surface area contributed by atoms with Gasteiger partial charge < -0.3 is 10.6 Å². The summed E-state index contributed by atoms with van der Waals surface area (Å²) in [6.07, 6.45) is 0.410. The van der Waals surface area contributed by atoms with Crippen molar-refractivity contribution in [3.05, 3.63) is 65.2 Å². The van der Waals surface area contributed by atoms with Crippen LogP contribution in [0.25, 0.3) is 0 Å². The van der Waals surface area contributed by atoms with Crippen LogP contribution in [0.4, 0.5) is 14.5 Å². The molecule has 2 aromatic carbocycles. The lowest BCUT2D eigenvalue weighted by Crippen LogP contribution is -2.44. The number of rotatable bonds is 6. The molecule has 0 saturated heterocycles. The van der Waals surface area contributed by atoms with Crippen molar-refractivity contribution in [2.24, 2.45) is 5.92 Å². The van der Waals surface area contributed by atoms with E-state index in [1.165, 1.54) is 6.07 Å². The van der Waals surface area contributed by atoms with Crippen LogP contribution >= 0.6 is 0 Å². The highest BCUT2D eigenvalue weighted by Crippen LogP contribution is 2.15. The molecule has 0 aromatic heterocycles. The fraction of sp³-hybridized carbons (Fsp3) is 0.300. The number of aryl methyl sites for hydroxylation is 1. The summed E-state index contributed by atoms with van der Waals surface area (Å²) in [7, 11) is 0. The van der Waals surface area contributed by atoms with Crippen LogP contribution in [-0.4, -0.2) is 17.9 Å². The van der Waals surface area contributed by atoms with Gasteiger partial charge in [-0.25, -0.2) is 8.78 Å². The zero-order chi connectivity index (χ0) is 19.3. The number of anilines is 1. The molecule has 4 nitrogen and oxygen atoms in total. The number of amides is 2. The third-order valence-corrected chi connectivity index (χ3v) is 3.91. The first-order valence-corrected chi connectivity index (χ1v) is 8.40. The van der Waals surface area contributed by atoms with Gasteiger partial charge in [0.05, 0.1) is 0 Å². The Morgan fingerprint density at radius 2 is 1.73 bits per heavy atom. The molecule has 0 saturated carbocycles. The fourth-order valence-corrected chi connectivity index (χ4v) is 2.57. The van der Waals surface area contributed by atoms with Crippen molar-refractivity contribution < 1.29 is 18.4 Å². The quantitative estimate of drug-likeness (QED) is 0.816. The molecule has 0 bridgehead atoms. The van der Waals surface area contributed by atoms with Crippen molar-refractivity contribution >= 4 is 17.5 Å².